The van der Waals surface area contributed by atoms with Gasteiger partial charge in [-0.3, -0.25) is 0 Å². The minimum Gasteiger partial charge on any atom is -0.383 e. The fourth-order valence-electron chi connectivity index (χ4n) is 0.795. The molecular weight excluding hydrogens is 150 g/mol. The van der Waals surface area contributed by atoms with Gasteiger partial charge >= 0.3 is 0 Å². The zero-order valence-electron chi connectivity index (χ0n) is 8.20. The number of hydrogen-bond donors (Lipinski definition) is 1. The topological polar surface area (TPSA) is 51.8 Å². The van der Waals surface area contributed by atoms with Crippen molar-refractivity contribution in [2.75, 3.05) is 5.73 Å². The summed E-state index contributed by atoms with van der Waals surface area (Å²) >= 11 is 0. The van der Waals surface area contributed by atoms with Crippen LogP contribution in [0.5, 0.6) is 0 Å². The first-order valence-corrected chi connectivity index (χ1v) is 4.27. The molecule has 0 fully saturated rings. The Hall–Kier alpha value is -1.12. The van der Waals surface area contributed by atoms with Crippen molar-refractivity contribution in [2.45, 2.75) is 33.6 Å². The van der Waals surface area contributed by atoms with Crippen LogP contribution in [0.15, 0.2) is 12.5 Å². The lowest BCUT2D eigenvalue weighted by Gasteiger charge is -2.05. The Bertz CT molecular complexity index is 221. The van der Waals surface area contributed by atoms with Gasteiger partial charge in [0, 0.05) is 11.8 Å². The Morgan fingerprint density at radius 2 is 1.92 bits per heavy atom. The molecule has 2 N–H and O–H groups in total. The third kappa shape index (κ3) is 2.86. The van der Waals surface area contributed by atoms with Gasteiger partial charge in [0.05, 0.1) is 0 Å². The molecule has 68 valence electrons. The van der Waals surface area contributed by atoms with Crippen molar-refractivity contribution in [1.29, 1.82) is 0 Å². The van der Waals surface area contributed by atoms with E-state index in [0.29, 0.717) is 11.7 Å². The van der Waals surface area contributed by atoms with Crippen molar-refractivity contribution in [3.8, 4) is 0 Å². The number of nitrogens with two attached hydrogens (primary N) is 1. The summed E-state index contributed by atoms with van der Waals surface area (Å²) in [6.45, 7) is 8.13. The first-order chi connectivity index (χ1) is 5.72. The van der Waals surface area contributed by atoms with Crippen LogP contribution in [0.1, 0.15) is 39.2 Å². The molecular formula is C9H17N3. The molecule has 0 unspecified atom stereocenters. The molecule has 0 saturated heterocycles. The van der Waals surface area contributed by atoms with Gasteiger partial charge in [-0.25, -0.2) is 9.97 Å². The fraction of sp³-hybridized carbons (Fsp3) is 0.556. The number of rotatable bonds is 1. The molecule has 0 saturated carbocycles. The van der Waals surface area contributed by atoms with Crippen LogP contribution in [0, 0.1) is 0 Å². The molecule has 0 aromatic carbocycles. The molecule has 1 aromatic rings. The minimum absolute atomic E-state index is 0.404. The van der Waals surface area contributed by atoms with Gasteiger partial charge in [-0.15, -0.1) is 0 Å². The molecule has 0 atom stereocenters. The SMILES string of the molecule is CC.CC(C)c1cncnc1N. The fourth-order valence-corrected chi connectivity index (χ4v) is 0.795. The van der Waals surface area contributed by atoms with Crippen molar-refractivity contribution < 1.29 is 0 Å². The number of anilines is 1. The second-order valence-electron chi connectivity index (χ2n) is 2.52. The van der Waals surface area contributed by atoms with Gasteiger partial charge in [0.15, 0.2) is 0 Å². The van der Waals surface area contributed by atoms with Crippen LogP contribution in [-0.2, 0) is 0 Å². The summed E-state index contributed by atoms with van der Waals surface area (Å²) in [5.74, 6) is 0.992. The predicted octanol–water partition coefficient (Wildman–Crippen LogP) is 2.21. The second kappa shape index (κ2) is 5.52. The van der Waals surface area contributed by atoms with Gasteiger partial charge in [0.25, 0.3) is 0 Å². The number of aromatic nitrogens is 2. The molecule has 0 aliphatic rings. The predicted molar refractivity (Wildman–Crippen MR) is 51.9 cm³/mol. The highest BCUT2D eigenvalue weighted by atomic mass is 14.9. The van der Waals surface area contributed by atoms with E-state index in [2.05, 4.69) is 23.8 Å². The maximum Gasteiger partial charge on any atom is 0.130 e. The number of nitrogens with zero attached hydrogens (tertiary/aromatic N) is 2. The zero-order chi connectivity index (χ0) is 9.56. The smallest absolute Gasteiger partial charge is 0.130 e. The number of hydrogen-bond acceptors (Lipinski definition) is 3. The van der Waals surface area contributed by atoms with E-state index >= 15 is 0 Å². The van der Waals surface area contributed by atoms with E-state index < -0.39 is 0 Å². The Labute approximate surface area is 74.0 Å². The molecule has 0 bridgehead atoms. The van der Waals surface area contributed by atoms with E-state index in [0.717, 1.165) is 5.56 Å². The van der Waals surface area contributed by atoms with Crippen LogP contribution in [0.2, 0.25) is 0 Å². The number of nitrogen functional groups attached to an aromatic ring is 1. The van der Waals surface area contributed by atoms with Gasteiger partial charge < -0.3 is 5.73 Å². The summed E-state index contributed by atoms with van der Waals surface area (Å²) in [5, 5.41) is 0. The lowest BCUT2D eigenvalue weighted by Crippen LogP contribution is -1.99. The van der Waals surface area contributed by atoms with Crippen LogP contribution in [0.4, 0.5) is 5.82 Å². The van der Waals surface area contributed by atoms with Gasteiger partial charge in [0.1, 0.15) is 12.1 Å². The maximum atomic E-state index is 5.57. The summed E-state index contributed by atoms with van der Waals surface area (Å²) in [7, 11) is 0. The van der Waals surface area contributed by atoms with Crippen molar-refractivity contribution in [3.05, 3.63) is 18.1 Å². The third-order valence-electron chi connectivity index (χ3n) is 1.39. The Kier molecular flexibility index (Phi) is 5.00. The molecule has 0 amide bonds. The van der Waals surface area contributed by atoms with E-state index in [4.69, 9.17) is 5.73 Å². The second-order valence-corrected chi connectivity index (χ2v) is 2.52. The lowest BCUT2D eigenvalue weighted by molar-refractivity contribution is 0.851. The molecule has 1 heterocycles. The van der Waals surface area contributed by atoms with Crippen LogP contribution in [-0.4, -0.2) is 9.97 Å². The van der Waals surface area contributed by atoms with Crippen molar-refractivity contribution in [1.82, 2.24) is 9.97 Å². The van der Waals surface area contributed by atoms with E-state index in [1.807, 2.05) is 13.8 Å². The Morgan fingerprint density at radius 1 is 1.33 bits per heavy atom. The largest absolute Gasteiger partial charge is 0.383 e. The molecule has 0 radical (unpaired) electrons. The van der Waals surface area contributed by atoms with Crippen molar-refractivity contribution >= 4 is 5.82 Å². The van der Waals surface area contributed by atoms with Gasteiger partial charge in [-0.05, 0) is 5.92 Å². The van der Waals surface area contributed by atoms with Crippen molar-refractivity contribution in [2.24, 2.45) is 0 Å². The van der Waals surface area contributed by atoms with E-state index in [9.17, 15) is 0 Å². The van der Waals surface area contributed by atoms with Crippen LogP contribution in [0.25, 0.3) is 0 Å². The average molecular weight is 167 g/mol. The standard InChI is InChI=1S/C7H11N3.C2H6/c1-5(2)6-3-9-4-10-7(6)8;1-2/h3-5H,1-2H3,(H2,8,9,10);1-2H3. The molecule has 1 rings (SSSR count). The first kappa shape index (κ1) is 10.9. The van der Waals surface area contributed by atoms with Crippen LogP contribution >= 0.6 is 0 Å². The van der Waals surface area contributed by atoms with Gasteiger partial charge in [-0.2, -0.15) is 0 Å². The highest BCUT2D eigenvalue weighted by molar-refractivity contribution is 5.38. The molecule has 0 aliphatic heterocycles. The Balaban J connectivity index is 0.000000561. The molecule has 0 aliphatic carbocycles. The van der Waals surface area contributed by atoms with Crippen LogP contribution < -0.4 is 5.73 Å². The molecule has 3 nitrogen and oxygen atoms in total. The van der Waals surface area contributed by atoms with E-state index in [1.54, 1.807) is 6.20 Å². The highest BCUT2D eigenvalue weighted by Gasteiger charge is 2.02. The first-order valence-electron chi connectivity index (χ1n) is 4.27. The summed E-state index contributed by atoms with van der Waals surface area (Å²) in [4.78, 5) is 7.74. The summed E-state index contributed by atoms with van der Waals surface area (Å²) < 4.78 is 0. The normalized spacial score (nSPS) is 9.08. The highest BCUT2D eigenvalue weighted by Crippen LogP contribution is 2.16. The third-order valence-corrected chi connectivity index (χ3v) is 1.39. The average Bonchev–Trinajstić information content (AvgIpc) is 2.08. The molecule has 1 aromatic heterocycles. The maximum absolute atomic E-state index is 5.57. The molecule has 0 spiro atoms. The summed E-state index contributed by atoms with van der Waals surface area (Å²) in [6.07, 6.45) is 3.22. The monoisotopic (exact) mass is 167 g/mol. The quantitative estimate of drug-likeness (QED) is 0.697. The van der Waals surface area contributed by atoms with Gasteiger partial charge in [-0.1, -0.05) is 27.7 Å². The van der Waals surface area contributed by atoms with E-state index in [-0.39, 0.29) is 0 Å². The summed E-state index contributed by atoms with van der Waals surface area (Å²) in [5.41, 5.74) is 6.59. The lowest BCUT2D eigenvalue weighted by atomic mass is 10.1. The summed E-state index contributed by atoms with van der Waals surface area (Å²) in [6, 6.07) is 0. The van der Waals surface area contributed by atoms with Crippen LogP contribution in [0.3, 0.4) is 0 Å². The minimum atomic E-state index is 0.404. The van der Waals surface area contributed by atoms with Crippen molar-refractivity contribution in [3.63, 3.8) is 0 Å². The Morgan fingerprint density at radius 3 is 2.25 bits per heavy atom. The zero-order valence-corrected chi connectivity index (χ0v) is 8.20. The molecule has 3 heteroatoms. The van der Waals surface area contributed by atoms with Gasteiger partial charge in [0.2, 0.25) is 0 Å². The van der Waals surface area contributed by atoms with E-state index in [1.165, 1.54) is 6.33 Å². The molecule has 12 heavy (non-hydrogen) atoms.